The second-order valence-corrected chi connectivity index (χ2v) is 5.95. The van der Waals surface area contributed by atoms with Gasteiger partial charge in [-0.2, -0.15) is 5.10 Å². The van der Waals surface area contributed by atoms with Crippen molar-refractivity contribution in [3.8, 4) is 0 Å². The summed E-state index contributed by atoms with van der Waals surface area (Å²) in [5, 5.41) is 15.2. The zero-order chi connectivity index (χ0) is 14.1. The van der Waals surface area contributed by atoms with Crippen molar-refractivity contribution in [1.29, 1.82) is 0 Å². The first-order valence-corrected chi connectivity index (χ1v) is 6.92. The quantitative estimate of drug-likeness (QED) is 0.720. The van der Waals surface area contributed by atoms with Gasteiger partial charge in [0.2, 0.25) is 10.0 Å². The minimum Gasteiger partial charge on any atom is -0.481 e. The number of aromatic amines is 1. The number of H-pyrrole nitrogens is 1. The van der Waals surface area contributed by atoms with E-state index in [0.717, 1.165) is 0 Å². The molecule has 102 valence electrons. The van der Waals surface area contributed by atoms with Gasteiger partial charge in [-0.15, -0.1) is 0 Å². The number of sulfonamides is 1. The molecule has 1 aromatic heterocycles. The van der Waals surface area contributed by atoms with Gasteiger partial charge in [0.05, 0.1) is 17.3 Å². The molecule has 0 aliphatic rings. The molecule has 18 heavy (non-hydrogen) atoms. The average Bonchev–Trinajstić information content (AvgIpc) is 2.56. The highest BCUT2D eigenvalue weighted by Gasteiger charge is 2.28. The smallest absolute Gasteiger partial charge is 0.307 e. The van der Waals surface area contributed by atoms with Gasteiger partial charge in [-0.3, -0.25) is 9.89 Å². The topological polar surface area (TPSA) is 112 Å². The first-order valence-electron chi connectivity index (χ1n) is 5.43. The minimum atomic E-state index is -3.76. The summed E-state index contributed by atoms with van der Waals surface area (Å²) in [5.41, 5.74) is 0.783. The number of carbonyl (C=O) groups is 1. The fraction of sp³-hybridized carbons (Fsp3) is 0.600. The third-order valence-corrected chi connectivity index (χ3v) is 4.63. The summed E-state index contributed by atoms with van der Waals surface area (Å²) in [6.45, 7) is 6.13. The van der Waals surface area contributed by atoms with Gasteiger partial charge >= 0.3 is 5.97 Å². The van der Waals surface area contributed by atoms with E-state index in [4.69, 9.17) is 5.11 Å². The van der Waals surface area contributed by atoms with Gasteiger partial charge in [0.15, 0.2) is 0 Å². The molecular formula is C10H17N3O4S. The molecule has 1 aromatic rings. The number of aliphatic carboxylic acids is 1. The molecule has 0 saturated carbocycles. The summed E-state index contributed by atoms with van der Waals surface area (Å²) in [6.07, 6.45) is 0. The van der Waals surface area contributed by atoms with E-state index in [1.165, 1.54) is 13.8 Å². The van der Waals surface area contributed by atoms with Crippen molar-refractivity contribution < 1.29 is 18.3 Å². The van der Waals surface area contributed by atoms with Crippen molar-refractivity contribution in [1.82, 2.24) is 14.9 Å². The van der Waals surface area contributed by atoms with E-state index in [1.807, 2.05) is 0 Å². The maximum Gasteiger partial charge on any atom is 0.307 e. The number of nitrogens with zero attached hydrogens (tertiary/aromatic N) is 1. The standard InChI is InChI=1S/C10H17N3O4S/c1-5(10(14)15)6(2)13-18(16,17)9-7(3)11-12-8(9)4/h5-6,13H,1-4H3,(H,11,12)(H,14,15). The summed E-state index contributed by atoms with van der Waals surface area (Å²) < 4.78 is 26.6. The van der Waals surface area contributed by atoms with Crippen LogP contribution in [0.4, 0.5) is 0 Å². The maximum atomic E-state index is 12.1. The van der Waals surface area contributed by atoms with Crippen molar-refractivity contribution in [2.45, 2.75) is 38.6 Å². The molecule has 0 amide bonds. The van der Waals surface area contributed by atoms with Crippen LogP contribution < -0.4 is 4.72 Å². The number of aromatic nitrogens is 2. The van der Waals surface area contributed by atoms with Crippen LogP contribution in [0.25, 0.3) is 0 Å². The summed E-state index contributed by atoms with van der Waals surface area (Å²) in [4.78, 5) is 10.9. The lowest BCUT2D eigenvalue weighted by atomic mass is 10.1. The summed E-state index contributed by atoms with van der Waals surface area (Å²) >= 11 is 0. The van der Waals surface area contributed by atoms with Crippen LogP contribution in [0.3, 0.4) is 0 Å². The number of aryl methyl sites for hydroxylation is 2. The highest BCUT2D eigenvalue weighted by molar-refractivity contribution is 7.89. The summed E-state index contributed by atoms with van der Waals surface area (Å²) in [6, 6.07) is -0.707. The predicted molar refractivity (Wildman–Crippen MR) is 64.6 cm³/mol. The van der Waals surface area contributed by atoms with Crippen molar-refractivity contribution in [3.05, 3.63) is 11.4 Å². The second kappa shape index (κ2) is 5.07. The highest BCUT2D eigenvalue weighted by atomic mass is 32.2. The molecule has 0 saturated heterocycles. The van der Waals surface area contributed by atoms with Crippen molar-refractivity contribution in [2.75, 3.05) is 0 Å². The fourth-order valence-corrected chi connectivity index (χ4v) is 3.25. The van der Waals surface area contributed by atoms with Crippen LogP contribution >= 0.6 is 0 Å². The SMILES string of the molecule is Cc1n[nH]c(C)c1S(=O)(=O)NC(C)C(C)C(=O)O. The Bertz CT molecular complexity index is 530. The number of rotatable bonds is 5. The van der Waals surface area contributed by atoms with Crippen LogP contribution in [0.5, 0.6) is 0 Å². The van der Waals surface area contributed by atoms with E-state index < -0.39 is 28.0 Å². The number of carboxylic acid groups (broad SMARTS) is 1. The number of hydrogen-bond donors (Lipinski definition) is 3. The predicted octanol–water partition coefficient (Wildman–Crippen LogP) is 0.414. The molecule has 0 spiro atoms. The molecule has 2 unspecified atom stereocenters. The molecule has 0 bridgehead atoms. The molecule has 8 heteroatoms. The number of nitrogens with one attached hydrogen (secondary N) is 2. The van der Waals surface area contributed by atoms with Gasteiger partial charge < -0.3 is 5.11 Å². The number of hydrogen-bond acceptors (Lipinski definition) is 4. The van der Waals surface area contributed by atoms with Gasteiger partial charge in [0.1, 0.15) is 4.90 Å². The maximum absolute atomic E-state index is 12.1. The van der Waals surface area contributed by atoms with Gasteiger partial charge in [-0.25, -0.2) is 13.1 Å². The lowest BCUT2D eigenvalue weighted by Gasteiger charge is -2.17. The summed E-state index contributed by atoms with van der Waals surface area (Å²) in [5.74, 6) is -1.86. The molecule has 1 heterocycles. The van der Waals surface area contributed by atoms with Crippen molar-refractivity contribution in [2.24, 2.45) is 5.92 Å². The molecule has 1 rings (SSSR count). The van der Waals surface area contributed by atoms with E-state index in [-0.39, 0.29) is 4.90 Å². The van der Waals surface area contributed by atoms with Gasteiger partial charge in [-0.1, -0.05) is 6.92 Å². The van der Waals surface area contributed by atoms with Crippen LogP contribution in [0, 0.1) is 19.8 Å². The molecule has 0 radical (unpaired) electrons. The monoisotopic (exact) mass is 275 g/mol. The van der Waals surface area contributed by atoms with Crippen LogP contribution in [-0.2, 0) is 14.8 Å². The van der Waals surface area contributed by atoms with Crippen LogP contribution in [0.2, 0.25) is 0 Å². The Labute approximate surface area is 106 Å². The van der Waals surface area contributed by atoms with Crippen molar-refractivity contribution >= 4 is 16.0 Å². The first kappa shape index (κ1) is 14.7. The largest absolute Gasteiger partial charge is 0.481 e. The molecule has 0 aromatic carbocycles. The minimum absolute atomic E-state index is 0.0759. The lowest BCUT2D eigenvalue weighted by molar-refractivity contribution is -0.141. The van der Waals surface area contributed by atoms with Crippen LogP contribution in [-0.4, -0.2) is 35.7 Å². The summed E-state index contributed by atoms with van der Waals surface area (Å²) in [7, 11) is -3.76. The van der Waals surface area contributed by atoms with Gasteiger partial charge in [0, 0.05) is 6.04 Å². The van der Waals surface area contributed by atoms with Crippen molar-refractivity contribution in [3.63, 3.8) is 0 Å². The molecule has 0 aliphatic heterocycles. The molecule has 0 aliphatic carbocycles. The first-order chi connectivity index (χ1) is 8.16. The lowest BCUT2D eigenvalue weighted by Crippen LogP contribution is -2.40. The zero-order valence-corrected chi connectivity index (χ0v) is 11.5. The Kier molecular flexibility index (Phi) is 4.12. The van der Waals surface area contributed by atoms with E-state index in [9.17, 15) is 13.2 Å². The van der Waals surface area contributed by atoms with E-state index in [1.54, 1.807) is 13.8 Å². The molecule has 7 nitrogen and oxygen atoms in total. The van der Waals surface area contributed by atoms with E-state index >= 15 is 0 Å². The Morgan fingerprint density at radius 2 is 1.94 bits per heavy atom. The van der Waals surface area contributed by atoms with Gasteiger partial charge in [-0.05, 0) is 20.8 Å². The normalized spacial score (nSPS) is 15.3. The molecular weight excluding hydrogens is 258 g/mol. The Morgan fingerprint density at radius 1 is 1.39 bits per heavy atom. The molecule has 0 fully saturated rings. The number of carboxylic acids is 1. The highest BCUT2D eigenvalue weighted by Crippen LogP contribution is 2.17. The zero-order valence-electron chi connectivity index (χ0n) is 10.7. The van der Waals surface area contributed by atoms with E-state index in [0.29, 0.717) is 11.4 Å². The third kappa shape index (κ3) is 2.88. The second-order valence-electron chi connectivity index (χ2n) is 4.30. The fourth-order valence-electron chi connectivity index (χ4n) is 1.56. The Hall–Kier alpha value is -1.41. The molecule has 2 atom stereocenters. The van der Waals surface area contributed by atoms with Crippen LogP contribution in [0.15, 0.2) is 4.90 Å². The van der Waals surface area contributed by atoms with Crippen LogP contribution in [0.1, 0.15) is 25.2 Å². The van der Waals surface area contributed by atoms with Gasteiger partial charge in [0.25, 0.3) is 0 Å². The van der Waals surface area contributed by atoms with E-state index in [2.05, 4.69) is 14.9 Å². The third-order valence-electron chi connectivity index (χ3n) is 2.81. The molecule has 3 N–H and O–H groups in total. The average molecular weight is 275 g/mol. The Balaban J connectivity index is 3.00. The Morgan fingerprint density at radius 3 is 2.33 bits per heavy atom.